The summed E-state index contributed by atoms with van der Waals surface area (Å²) < 4.78 is 37.1. The molecule has 0 fully saturated rings. The Bertz CT molecular complexity index is 443. The maximum absolute atomic E-state index is 12.4. The fraction of sp³-hybridized carbons (Fsp3) is 0.125. The molecule has 0 radical (unpaired) electrons. The molecule has 0 aliphatic heterocycles. The third-order valence-corrected chi connectivity index (χ3v) is 1.75. The second-order valence-electron chi connectivity index (χ2n) is 2.81. The SMILES string of the molecule is NN=Cc1ccc(C(F)(F)F)c([N+](=O)[O-])c1. The van der Waals surface area contributed by atoms with Crippen molar-refractivity contribution in [2.75, 3.05) is 0 Å². The first-order valence-corrected chi connectivity index (χ1v) is 3.95. The predicted octanol–water partition coefficient (Wildman–Crippen LogP) is 1.91. The van der Waals surface area contributed by atoms with Crippen LogP contribution in [-0.4, -0.2) is 11.1 Å². The largest absolute Gasteiger partial charge is 0.422 e. The Kier molecular flexibility index (Phi) is 3.11. The number of hydrogen-bond donors (Lipinski definition) is 1. The van der Waals surface area contributed by atoms with Crippen molar-refractivity contribution in [1.82, 2.24) is 0 Å². The molecule has 8 heteroatoms. The lowest BCUT2D eigenvalue weighted by Gasteiger charge is -2.07. The number of nitro benzene ring substituents is 1. The van der Waals surface area contributed by atoms with Gasteiger partial charge in [-0.2, -0.15) is 18.3 Å². The van der Waals surface area contributed by atoms with E-state index in [0.29, 0.717) is 6.07 Å². The Morgan fingerprint density at radius 1 is 1.44 bits per heavy atom. The molecule has 0 bridgehead atoms. The molecule has 1 rings (SSSR count). The van der Waals surface area contributed by atoms with Gasteiger partial charge >= 0.3 is 6.18 Å². The molecule has 0 amide bonds. The Morgan fingerprint density at radius 3 is 2.50 bits per heavy atom. The van der Waals surface area contributed by atoms with Gasteiger partial charge < -0.3 is 5.84 Å². The zero-order valence-electron chi connectivity index (χ0n) is 7.73. The van der Waals surface area contributed by atoms with Gasteiger partial charge in [-0.05, 0) is 6.07 Å². The number of halogens is 3. The molecule has 0 atom stereocenters. The lowest BCUT2D eigenvalue weighted by Crippen LogP contribution is -2.09. The minimum Gasteiger partial charge on any atom is -0.323 e. The van der Waals surface area contributed by atoms with Crippen LogP contribution in [0.15, 0.2) is 23.3 Å². The van der Waals surface area contributed by atoms with Gasteiger partial charge in [0.15, 0.2) is 0 Å². The highest BCUT2D eigenvalue weighted by Gasteiger charge is 2.38. The maximum atomic E-state index is 12.4. The summed E-state index contributed by atoms with van der Waals surface area (Å²) in [6.07, 6.45) is -3.74. The van der Waals surface area contributed by atoms with Crippen molar-refractivity contribution in [1.29, 1.82) is 0 Å². The molecule has 5 nitrogen and oxygen atoms in total. The van der Waals surface area contributed by atoms with Crippen molar-refractivity contribution in [2.45, 2.75) is 6.18 Å². The molecule has 2 N–H and O–H groups in total. The number of nitrogens with two attached hydrogens (primary N) is 1. The Hall–Kier alpha value is -2.12. The smallest absolute Gasteiger partial charge is 0.323 e. The maximum Gasteiger partial charge on any atom is 0.422 e. The number of hydrogen-bond acceptors (Lipinski definition) is 4. The van der Waals surface area contributed by atoms with Crippen molar-refractivity contribution in [3.63, 3.8) is 0 Å². The molecule has 1 aromatic rings. The van der Waals surface area contributed by atoms with E-state index in [1.807, 2.05) is 0 Å². The molecular formula is C8H6F3N3O2. The van der Waals surface area contributed by atoms with Crippen molar-refractivity contribution >= 4 is 11.9 Å². The summed E-state index contributed by atoms with van der Waals surface area (Å²) in [5.41, 5.74) is -2.20. The van der Waals surface area contributed by atoms with Gasteiger partial charge in [-0.3, -0.25) is 10.1 Å². The highest BCUT2D eigenvalue weighted by molar-refractivity contribution is 5.80. The van der Waals surface area contributed by atoms with Gasteiger partial charge in [-0.25, -0.2) is 0 Å². The number of alkyl halides is 3. The summed E-state index contributed by atoms with van der Waals surface area (Å²) >= 11 is 0. The summed E-state index contributed by atoms with van der Waals surface area (Å²) in [5, 5.41) is 13.5. The summed E-state index contributed by atoms with van der Waals surface area (Å²) in [6.45, 7) is 0. The molecular weight excluding hydrogens is 227 g/mol. The monoisotopic (exact) mass is 233 g/mol. The van der Waals surface area contributed by atoms with Crippen molar-refractivity contribution < 1.29 is 18.1 Å². The van der Waals surface area contributed by atoms with Gasteiger partial charge in [0.25, 0.3) is 5.69 Å². The van der Waals surface area contributed by atoms with Crippen molar-refractivity contribution in [3.05, 3.63) is 39.4 Å². The Labute approximate surface area is 87.5 Å². The molecule has 0 spiro atoms. The van der Waals surface area contributed by atoms with Crippen LogP contribution in [0.25, 0.3) is 0 Å². The number of nitrogens with zero attached hydrogens (tertiary/aromatic N) is 2. The van der Waals surface area contributed by atoms with E-state index in [1.165, 1.54) is 0 Å². The molecule has 0 unspecified atom stereocenters. The number of benzene rings is 1. The molecule has 86 valence electrons. The van der Waals surface area contributed by atoms with E-state index >= 15 is 0 Å². The third kappa shape index (κ3) is 2.47. The molecule has 0 saturated carbocycles. The second-order valence-corrected chi connectivity index (χ2v) is 2.81. The highest BCUT2D eigenvalue weighted by atomic mass is 19.4. The summed E-state index contributed by atoms with van der Waals surface area (Å²) in [4.78, 5) is 9.35. The Morgan fingerprint density at radius 2 is 2.06 bits per heavy atom. The first-order chi connectivity index (χ1) is 7.36. The van der Waals surface area contributed by atoms with Crippen LogP contribution in [0, 0.1) is 10.1 Å². The van der Waals surface area contributed by atoms with Crippen LogP contribution in [0.3, 0.4) is 0 Å². The number of rotatable bonds is 2. The van der Waals surface area contributed by atoms with Crippen LogP contribution >= 0.6 is 0 Å². The van der Waals surface area contributed by atoms with Gasteiger partial charge in [0.1, 0.15) is 5.56 Å². The Balaban J connectivity index is 3.36. The van der Waals surface area contributed by atoms with E-state index in [1.54, 1.807) is 0 Å². The second kappa shape index (κ2) is 4.17. The van der Waals surface area contributed by atoms with Gasteiger partial charge in [-0.15, -0.1) is 0 Å². The van der Waals surface area contributed by atoms with Crippen LogP contribution in [0.2, 0.25) is 0 Å². The zero-order chi connectivity index (χ0) is 12.3. The van der Waals surface area contributed by atoms with Crippen LogP contribution in [0.4, 0.5) is 18.9 Å². The minimum absolute atomic E-state index is 0.127. The van der Waals surface area contributed by atoms with Crippen LogP contribution < -0.4 is 5.84 Å². The fourth-order valence-electron chi connectivity index (χ4n) is 1.11. The zero-order valence-corrected chi connectivity index (χ0v) is 7.73. The van der Waals surface area contributed by atoms with E-state index in [9.17, 15) is 23.3 Å². The van der Waals surface area contributed by atoms with E-state index in [2.05, 4.69) is 5.10 Å². The van der Waals surface area contributed by atoms with Crippen LogP contribution in [-0.2, 0) is 6.18 Å². The molecule has 1 aromatic carbocycles. The van der Waals surface area contributed by atoms with Gasteiger partial charge in [-0.1, -0.05) is 6.07 Å². The van der Waals surface area contributed by atoms with E-state index < -0.39 is 22.4 Å². The fourth-order valence-corrected chi connectivity index (χ4v) is 1.11. The summed E-state index contributed by atoms with van der Waals surface area (Å²) in [7, 11) is 0. The van der Waals surface area contributed by atoms with E-state index in [0.717, 1.165) is 18.3 Å². The van der Waals surface area contributed by atoms with Crippen molar-refractivity contribution in [2.24, 2.45) is 10.9 Å². The minimum atomic E-state index is -4.76. The van der Waals surface area contributed by atoms with E-state index in [-0.39, 0.29) is 5.56 Å². The van der Waals surface area contributed by atoms with E-state index in [4.69, 9.17) is 5.84 Å². The molecule has 0 aromatic heterocycles. The average Bonchev–Trinajstić information content (AvgIpc) is 2.16. The van der Waals surface area contributed by atoms with Crippen molar-refractivity contribution in [3.8, 4) is 0 Å². The van der Waals surface area contributed by atoms with Gasteiger partial charge in [0, 0.05) is 11.6 Å². The normalized spacial score (nSPS) is 11.9. The quantitative estimate of drug-likeness (QED) is 0.366. The predicted molar refractivity (Wildman–Crippen MR) is 49.9 cm³/mol. The summed E-state index contributed by atoms with van der Waals surface area (Å²) in [5.74, 6) is 4.79. The average molecular weight is 233 g/mol. The molecule has 0 heterocycles. The lowest BCUT2D eigenvalue weighted by molar-refractivity contribution is -0.388. The third-order valence-electron chi connectivity index (χ3n) is 1.75. The van der Waals surface area contributed by atoms with Crippen LogP contribution in [0.5, 0.6) is 0 Å². The molecule has 0 aliphatic rings. The number of nitro groups is 1. The van der Waals surface area contributed by atoms with Gasteiger partial charge in [0.2, 0.25) is 0 Å². The number of hydrazone groups is 1. The standard InChI is InChI=1S/C8H6F3N3O2/c9-8(10,11)6-2-1-5(4-13-12)3-7(6)14(15)16/h1-4H,12H2. The molecule has 0 saturated heterocycles. The topological polar surface area (TPSA) is 81.5 Å². The first-order valence-electron chi connectivity index (χ1n) is 3.95. The highest BCUT2D eigenvalue weighted by Crippen LogP contribution is 2.36. The van der Waals surface area contributed by atoms with Gasteiger partial charge in [0.05, 0.1) is 11.1 Å². The lowest BCUT2D eigenvalue weighted by atomic mass is 10.1. The van der Waals surface area contributed by atoms with Crippen LogP contribution in [0.1, 0.15) is 11.1 Å². The summed E-state index contributed by atoms with van der Waals surface area (Å²) in [6, 6.07) is 2.43. The first kappa shape index (κ1) is 12.0. The molecule has 0 aliphatic carbocycles. The molecule has 16 heavy (non-hydrogen) atoms.